The van der Waals surface area contributed by atoms with Crippen LogP contribution in [-0.2, 0) is 0 Å². The Kier molecular flexibility index (Phi) is 4.17. The van der Waals surface area contributed by atoms with E-state index in [0.29, 0.717) is 16.6 Å². The quantitative estimate of drug-likeness (QED) is 0.915. The zero-order valence-electron chi connectivity index (χ0n) is 11.8. The first-order valence-electron chi connectivity index (χ1n) is 7.36. The molecule has 0 bridgehead atoms. The van der Waals surface area contributed by atoms with Gasteiger partial charge in [-0.15, -0.1) is 0 Å². The molecule has 0 unspecified atom stereocenters. The van der Waals surface area contributed by atoms with E-state index in [0.717, 1.165) is 43.3 Å². The Labute approximate surface area is 128 Å². The summed E-state index contributed by atoms with van der Waals surface area (Å²) in [5.41, 5.74) is 1.55. The van der Waals surface area contributed by atoms with Crippen molar-refractivity contribution in [1.82, 2.24) is 9.88 Å². The Hall–Kier alpha value is -1.52. The zero-order chi connectivity index (χ0) is 14.8. The van der Waals surface area contributed by atoms with Gasteiger partial charge in [0, 0.05) is 35.6 Å². The van der Waals surface area contributed by atoms with Crippen LogP contribution < -0.4 is 0 Å². The highest BCUT2D eigenvalue weighted by Gasteiger charge is 2.24. The van der Waals surface area contributed by atoms with Gasteiger partial charge >= 0.3 is 0 Å². The number of amides is 1. The third-order valence-corrected chi connectivity index (χ3v) is 4.49. The van der Waals surface area contributed by atoms with Crippen LogP contribution in [-0.4, -0.2) is 40.6 Å². The summed E-state index contributed by atoms with van der Waals surface area (Å²) in [7, 11) is 0. The molecule has 2 heterocycles. The van der Waals surface area contributed by atoms with E-state index in [-0.39, 0.29) is 12.5 Å². The number of carbonyl (C=O) groups excluding carboxylic acids is 1. The number of hydrogen-bond donors (Lipinski definition) is 2. The molecule has 1 saturated heterocycles. The van der Waals surface area contributed by atoms with Gasteiger partial charge in [0.05, 0.1) is 0 Å². The van der Waals surface area contributed by atoms with Crippen molar-refractivity contribution in [3.05, 3.63) is 35.0 Å². The molecule has 0 atom stereocenters. The number of aliphatic hydroxyl groups is 1. The molecule has 0 saturated carbocycles. The van der Waals surface area contributed by atoms with Crippen molar-refractivity contribution in [1.29, 1.82) is 0 Å². The number of H-pyrrole nitrogens is 1. The van der Waals surface area contributed by atoms with Crippen molar-refractivity contribution in [2.75, 3.05) is 19.7 Å². The number of nitrogens with one attached hydrogen (secondary N) is 1. The van der Waals surface area contributed by atoms with Crippen LogP contribution in [0.4, 0.5) is 0 Å². The first-order chi connectivity index (χ1) is 10.2. The fraction of sp³-hybridized carbons (Fsp3) is 0.438. The Morgan fingerprint density at radius 3 is 2.81 bits per heavy atom. The molecule has 5 heteroatoms. The van der Waals surface area contributed by atoms with Gasteiger partial charge in [0.1, 0.15) is 5.69 Å². The second-order valence-corrected chi connectivity index (χ2v) is 6.10. The van der Waals surface area contributed by atoms with Gasteiger partial charge in [-0.05, 0) is 49.4 Å². The summed E-state index contributed by atoms with van der Waals surface area (Å²) in [4.78, 5) is 17.6. The first kappa shape index (κ1) is 14.4. The van der Waals surface area contributed by atoms with Crippen molar-refractivity contribution in [3.63, 3.8) is 0 Å². The molecule has 1 amide bonds. The monoisotopic (exact) mass is 306 g/mol. The van der Waals surface area contributed by atoms with Gasteiger partial charge in [-0.25, -0.2) is 0 Å². The van der Waals surface area contributed by atoms with E-state index in [4.69, 9.17) is 16.7 Å². The number of hydrogen-bond acceptors (Lipinski definition) is 2. The van der Waals surface area contributed by atoms with Gasteiger partial charge < -0.3 is 15.0 Å². The van der Waals surface area contributed by atoms with Gasteiger partial charge in [-0.2, -0.15) is 0 Å². The molecule has 0 spiro atoms. The Morgan fingerprint density at radius 2 is 2.10 bits per heavy atom. The van der Waals surface area contributed by atoms with Crippen LogP contribution in [0.2, 0.25) is 5.02 Å². The average Bonchev–Trinajstić information content (AvgIpc) is 2.90. The minimum Gasteiger partial charge on any atom is -0.396 e. The van der Waals surface area contributed by atoms with Crippen LogP contribution in [0.15, 0.2) is 24.3 Å². The molecule has 2 N–H and O–H groups in total. The lowest BCUT2D eigenvalue weighted by Crippen LogP contribution is -2.38. The van der Waals surface area contributed by atoms with Crippen molar-refractivity contribution in [2.24, 2.45) is 5.92 Å². The van der Waals surface area contributed by atoms with Crippen LogP contribution in [0.5, 0.6) is 0 Å². The van der Waals surface area contributed by atoms with E-state index >= 15 is 0 Å². The number of aliphatic hydroxyl groups excluding tert-OH is 1. The maximum Gasteiger partial charge on any atom is 0.270 e. The van der Waals surface area contributed by atoms with E-state index in [9.17, 15) is 4.79 Å². The first-order valence-corrected chi connectivity index (χ1v) is 7.73. The number of likely N-dealkylation sites (tertiary alicyclic amines) is 1. The summed E-state index contributed by atoms with van der Waals surface area (Å²) in [6, 6.07) is 7.43. The molecule has 1 aromatic heterocycles. The minimum absolute atomic E-state index is 0.0461. The maximum atomic E-state index is 12.5. The van der Waals surface area contributed by atoms with Gasteiger partial charge in [-0.1, -0.05) is 11.6 Å². The summed E-state index contributed by atoms with van der Waals surface area (Å²) in [5, 5.41) is 10.6. The third-order valence-electron chi connectivity index (χ3n) is 4.25. The standard InChI is InChI=1S/C16H19ClN2O2/c17-13-1-2-14-12(9-13)10-15(18-14)16(21)19-6-3-11(4-7-19)5-8-20/h1-2,9-11,18,20H,3-8H2. The summed E-state index contributed by atoms with van der Waals surface area (Å²) < 4.78 is 0. The lowest BCUT2D eigenvalue weighted by Gasteiger charge is -2.31. The van der Waals surface area contributed by atoms with Gasteiger partial charge in [0.25, 0.3) is 5.91 Å². The topological polar surface area (TPSA) is 56.3 Å². The number of nitrogens with zero attached hydrogens (tertiary/aromatic N) is 1. The highest BCUT2D eigenvalue weighted by molar-refractivity contribution is 6.31. The Morgan fingerprint density at radius 1 is 1.33 bits per heavy atom. The highest BCUT2D eigenvalue weighted by Crippen LogP contribution is 2.24. The SMILES string of the molecule is O=C(c1cc2cc(Cl)ccc2[nH]1)N1CCC(CCO)CC1. The van der Waals surface area contributed by atoms with E-state index in [1.54, 1.807) is 0 Å². The van der Waals surface area contributed by atoms with E-state index in [2.05, 4.69) is 4.98 Å². The molecule has 1 fully saturated rings. The number of benzene rings is 1. The molecule has 1 aromatic carbocycles. The zero-order valence-corrected chi connectivity index (χ0v) is 12.6. The summed E-state index contributed by atoms with van der Waals surface area (Å²) in [5.74, 6) is 0.588. The molecular formula is C16H19ClN2O2. The van der Waals surface area contributed by atoms with Crippen LogP contribution in [0.25, 0.3) is 10.9 Å². The molecule has 4 nitrogen and oxygen atoms in total. The molecule has 21 heavy (non-hydrogen) atoms. The number of aromatic nitrogens is 1. The number of fused-ring (bicyclic) bond motifs is 1. The molecule has 1 aliphatic heterocycles. The summed E-state index contributed by atoms with van der Waals surface area (Å²) in [6.45, 7) is 1.76. The molecule has 112 valence electrons. The molecular weight excluding hydrogens is 288 g/mol. The lowest BCUT2D eigenvalue weighted by atomic mass is 9.94. The third kappa shape index (κ3) is 3.06. The predicted octanol–water partition coefficient (Wildman–Crippen LogP) is 3.06. The number of piperidine rings is 1. The fourth-order valence-electron chi connectivity index (χ4n) is 3.00. The van der Waals surface area contributed by atoms with Crippen LogP contribution in [0.1, 0.15) is 29.8 Å². The smallest absolute Gasteiger partial charge is 0.270 e. The van der Waals surface area contributed by atoms with Crippen LogP contribution in [0.3, 0.4) is 0 Å². The minimum atomic E-state index is 0.0461. The van der Waals surface area contributed by atoms with E-state index in [1.165, 1.54) is 0 Å². The van der Waals surface area contributed by atoms with E-state index < -0.39 is 0 Å². The van der Waals surface area contributed by atoms with E-state index in [1.807, 2.05) is 29.2 Å². The van der Waals surface area contributed by atoms with Gasteiger partial charge in [0.15, 0.2) is 0 Å². The second-order valence-electron chi connectivity index (χ2n) is 5.66. The lowest BCUT2D eigenvalue weighted by molar-refractivity contribution is 0.0673. The largest absolute Gasteiger partial charge is 0.396 e. The number of rotatable bonds is 3. The van der Waals surface area contributed by atoms with Crippen LogP contribution in [0, 0.1) is 5.92 Å². The predicted molar refractivity (Wildman–Crippen MR) is 83.6 cm³/mol. The Bertz CT molecular complexity index is 645. The number of aromatic amines is 1. The second kappa shape index (κ2) is 6.08. The highest BCUT2D eigenvalue weighted by atomic mass is 35.5. The molecule has 0 aliphatic carbocycles. The summed E-state index contributed by atoms with van der Waals surface area (Å²) >= 11 is 5.97. The van der Waals surface area contributed by atoms with Gasteiger partial charge in [-0.3, -0.25) is 4.79 Å². The molecule has 2 aromatic rings. The van der Waals surface area contributed by atoms with Crippen molar-refractivity contribution < 1.29 is 9.90 Å². The number of halogens is 1. The maximum absolute atomic E-state index is 12.5. The molecule has 1 aliphatic rings. The van der Waals surface area contributed by atoms with Gasteiger partial charge in [0.2, 0.25) is 0 Å². The normalized spacial score (nSPS) is 16.6. The summed E-state index contributed by atoms with van der Waals surface area (Å²) in [6.07, 6.45) is 2.78. The number of carbonyl (C=O) groups is 1. The van der Waals surface area contributed by atoms with Crippen molar-refractivity contribution in [3.8, 4) is 0 Å². The van der Waals surface area contributed by atoms with Crippen molar-refractivity contribution >= 4 is 28.4 Å². The van der Waals surface area contributed by atoms with Crippen molar-refractivity contribution in [2.45, 2.75) is 19.3 Å². The molecule has 3 rings (SSSR count). The Balaban J connectivity index is 1.72. The molecule has 0 radical (unpaired) electrons. The fourth-order valence-corrected chi connectivity index (χ4v) is 3.18. The average molecular weight is 307 g/mol. The van der Waals surface area contributed by atoms with Crippen LogP contribution >= 0.6 is 11.6 Å².